The summed E-state index contributed by atoms with van der Waals surface area (Å²) in [6.45, 7) is 4.06. The third-order valence-electron chi connectivity index (χ3n) is 5.44. The summed E-state index contributed by atoms with van der Waals surface area (Å²) in [5.74, 6) is -1.40. The number of aliphatic hydroxyl groups is 1. The molecule has 3 aromatic carbocycles. The third-order valence-corrected chi connectivity index (χ3v) is 5.44. The fraction of sp³-hybridized carbons (Fsp3) is 0.0870. The monoisotopic (exact) mass is 358 g/mol. The summed E-state index contributed by atoms with van der Waals surface area (Å²) < 4.78 is 0. The van der Waals surface area contributed by atoms with Crippen LogP contribution in [0.4, 0.5) is 0 Å². The van der Waals surface area contributed by atoms with Crippen LogP contribution in [0.25, 0.3) is 5.57 Å². The predicted molar refractivity (Wildman–Crippen MR) is 102 cm³/mol. The summed E-state index contributed by atoms with van der Waals surface area (Å²) in [6.07, 6.45) is 0. The van der Waals surface area contributed by atoms with Gasteiger partial charge in [-0.1, -0.05) is 79.4 Å². The molecule has 0 bridgehead atoms. The second-order valence-corrected chi connectivity index (χ2v) is 6.68. The Morgan fingerprint density at radius 2 is 1.37 bits per heavy atom. The fourth-order valence-corrected chi connectivity index (χ4v) is 4.30. The van der Waals surface area contributed by atoms with E-state index in [1.54, 1.807) is 72.8 Å². The van der Waals surface area contributed by atoms with Crippen LogP contribution in [-0.4, -0.2) is 21.3 Å². The molecule has 0 saturated heterocycles. The second kappa shape index (κ2) is 5.83. The van der Waals surface area contributed by atoms with Gasteiger partial charge < -0.3 is 15.3 Å². The van der Waals surface area contributed by atoms with Gasteiger partial charge in [0.2, 0.25) is 0 Å². The Hall–Kier alpha value is -3.37. The van der Waals surface area contributed by atoms with Crippen molar-refractivity contribution in [2.75, 3.05) is 0 Å². The van der Waals surface area contributed by atoms with E-state index in [0.717, 1.165) is 0 Å². The lowest BCUT2D eigenvalue weighted by molar-refractivity contribution is -0.149. The molecule has 1 aliphatic rings. The summed E-state index contributed by atoms with van der Waals surface area (Å²) in [5, 5.41) is 33.2. The number of aromatic hydroxyl groups is 1. The fourth-order valence-electron chi connectivity index (χ4n) is 4.30. The van der Waals surface area contributed by atoms with Crippen molar-refractivity contribution in [3.8, 4) is 5.75 Å². The number of phenols is 1. The van der Waals surface area contributed by atoms with E-state index in [1.807, 2.05) is 0 Å². The maximum atomic E-state index is 12.8. The molecule has 3 aromatic rings. The molecule has 134 valence electrons. The molecule has 0 radical (unpaired) electrons. The van der Waals surface area contributed by atoms with E-state index in [9.17, 15) is 20.1 Å². The highest BCUT2D eigenvalue weighted by Gasteiger charge is 2.67. The molecule has 3 N–H and O–H groups in total. The largest absolute Gasteiger partial charge is 0.508 e. The van der Waals surface area contributed by atoms with Crippen molar-refractivity contribution in [1.82, 2.24) is 0 Å². The highest BCUT2D eigenvalue weighted by molar-refractivity contribution is 6.05. The molecule has 2 unspecified atom stereocenters. The average Bonchev–Trinajstić information content (AvgIpc) is 2.90. The number of fused-ring (bicyclic) bond motifs is 1. The van der Waals surface area contributed by atoms with Gasteiger partial charge in [-0.15, -0.1) is 0 Å². The molecule has 0 heterocycles. The van der Waals surface area contributed by atoms with Crippen molar-refractivity contribution >= 4 is 11.5 Å². The van der Waals surface area contributed by atoms with E-state index in [-0.39, 0.29) is 16.9 Å². The molecule has 0 spiro atoms. The number of aliphatic carboxylic acids is 1. The lowest BCUT2D eigenvalue weighted by Crippen LogP contribution is -2.52. The number of phenolic OH excluding ortho intramolecular Hbond substituents is 1. The predicted octanol–water partition coefficient (Wildman–Crippen LogP) is 3.68. The van der Waals surface area contributed by atoms with Crippen molar-refractivity contribution in [3.05, 3.63) is 108 Å². The van der Waals surface area contributed by atoms with Crippen LogP contribution in [0.15, 0.2) is 85.4 Å². The zero-order valence-electron chi connectivity index (χ0n) is 14.5. The molecule has 1 aliphatic carbocycles. The Labute approximate surface area is 156 Å². The van der Waals surface area contributed by atoms with Gasteiger partial charge in [0.25, 0.3) is 0 Å². The molecule has 0 aromatic heterocycles. The maximum absolute atomic E-state index is 12.8. The average molecular weight is 358 g/mol. The smallest absolute Gasteiger partial charge is 0.322 e. The molecule has 0 amide bonds. The number of carboxylic acids is 1. The van der Waals surface area contributed by atoms with Crippen LogP contribution >= 0.6 is 0 Å². The van der Waals surface area contributed by atoms with E-state index < -0.39 is 17.0 Å². The van der Waals surface area contributed by atoms with Crippen LogP contribution in [0.1, 0.15) is 22.3 Å². The van der Waals surface area contributed by atoms with Crippen LogP contribution < -0.4 is 0 Å². The number of hydrogen-bond donors (Lipinski definition) is 3. The molecule has 0 saturated carbocycles. The molecule has 2 atom stereocenters. The third kappa shape index (κ3) is 1.99. The van der Waals surface area contributed by atoms with Gasteiger partial charge in [-0.25, -0.2) is 0 Å². The molecule has 0 fully saturated rings. The summed E-state index contributed by atoms with van der Waals surface area (Å²) >= 11 is 0. The maximum Gasteiger partial charge on any atom is 0.322 e. The summed E-state index contributed by atoms with van der Waals surface area (Å²) in [4.78, 5) is 12.8. The van der Waals surface area contributed by atoms with Gasteiger partial charge in [-0.05, 0) is 28.3 Å². The summed E-state index contributed by atoms with van der Waals surface area (Å²) in [6, 6.07) is 21.9. The highest BCUT2D eigenvalue weighted by Crippen LogP contribution is 2.62. The van der Waals surface area contributed by atoms with Crippen LogP contribution in [0.5, 0.6) is 5.75 Å². The Morgan fingerprint density at radius 1 is 0.815 bits per heavy atom. The van der Waals surface area contributed by atoms with Crippen LogP contribution in [-0.2, 0) is 15.8 Å². The van der Waals surface area contributed by atoms with Gasteiger partial charge in [0.15, 0.2) is 5.41 Å². The Bertz CT molecular complexity index is 1040. The first kappa shape index (κ1) is 17.1. The number of hydrogen-bond acceptors (Lipinski definition) is 3. The molecule has 4 heteroatoms. The molecule has 4 nitrogen and oxygen atoms in total. The first-order chi connectivity index (χ1) is 13.0. The zero-order valence-corrected chi connectivity index (χ0v) is 14.5. The van der Waals surface area contributed by atoms with Gasteiger partial charge in [-0.3, -0.25) is 4.79 Å². The number of benzene rings is 3. The first-order valence-electron chi connectivity index (χ1n) is 8.54. The molecule has 0 aliphatic heterocycles. The van der Waals surface area contributed by atoms with Gasteiger partial charge in [0, 0.05) is 5.56 Å². The number of carbonyl (C=O) groups is 1. The minimum atomic E-state index is -2.03. The van der Waals surface area contributed by atoms with Crippen molar-refractivity contribution < 1.29 is 20.1 Å². The summed E-state index contributed by atoms with van der Waals surface area (Å²) in [5.41, 5.74) is -2.31. The topological polar surface area (TPSA) is 77.8 Å². The molecular weight excluding hydrogens is 340 g/mol. The second-order valence-electron chi connectivity index (χ2n) is 6.68. The van der Waals surface area contributed by atoms with Crippen molar-refractivity contribution in [2.24, 2.45) is 0 Å². The highest BCUT2D eigenvalue weighted by atomic mass is 16.4. The minimum Gasteiger partial charge on any atom is -0.508 e. The minimum absolute atomic E-state index is 0.160. The number of rotatable bonds is 3. The quantitative estimate of drug-likeness (QED) is 0.667. The van der Waals surface area contributed by atoms with E-state index in [1.165, 1.54) is 6.07 Å². The van der Waals surface area contributed by atoms with E-state index in [4.69, 9.17) is 0 Å². The SMILES string of the molecule is C=C1c2cccc(O)c2C(O)(c2ccccc2)C1(C(=O)O)c1ccccc1. The lowest BCUT2D eigenvalue weighted by atomic mass is 9.63. The van der Waals surface area contributed by atoms with Crippen LogP contribution in [0.2, 0.25) is 0 Å². The van der Waals surface area contributed by atoms with Crippen molar-refractivity contribution in [2.45, 2.75) is 11.0 Å². The Balaban J connectivity index is 2.20. The van der Waals surface area contributed by atoms with E-state index in [2.05, 4.69) is 6.58 Å². The van der Waals surface area contributed by atoms with Crippen molar-refractivity contribution in [3.63, 3.8) is 0 Å². The molecule has 27 heavy (non-hydrogen) atoms. The van der Waals surface area contributed by atoms with Gasteiger partial charge in [0.05, 0.1) is 0 Å². The van der Waals surface area contributed by atoms with Crippen molar-refractivity contribution in [1.29, 1.82) is 0 Å². The zero-order chi connectivity index (χ0) is 19.2. The first-order valence-corrected chi connectivity index (χ1v) is 8.54. The Morgan fingerprint density at radius 3 is 1.93 bits per heavy atom. The number of carboxylic acid groups (broad SMARTS) is 1. The normalized spacial score (nSPS) is 23.8. The van der Waals surface area contributed by atoms with Gasteiger partial charge in [0.1, 0.15) is 11.4 Å². The standard InChI is InChI=1S/C23H18O4/c1-15-18-13-8-14-19(24)20(18)23(27,17-11-6-3-7-12-17)22(15,21(25)26)16-9-4-2-5-10-16/h2-14,24,27H,1H2,(H,25,26). The molecule has 4 rings (SSSR count). The van der Waals surface area contributed by atoms with Crippen LogP contribution in [0.3, 0.4) is 0 Å². The van der Waals surface area contributed by atoms with Crippen LogP contribution in [0, 0.1) is 0 Å². The molecular formula is C23H18O4. The van der Waals surface area contributed by atoms with E-state index in [0.29, 0.717) is 16.7 Å². The van der Waals surface area contributed by atoms with Gasteiger partial charge >= 0.3 is 5.97 Å². The summed E-state index contributed by atoms with van der Waals surface area (Å²) in [7, 11) is 0. The van der Waals surface area contributed by atoms with E-state index >= 15 is 0 Å². The lowest BCUT2D eigenvalue weighted by Gasteiger charge is -2.41. The Kier molecular flexibility index (Phi) is 3.68. The van der Waals surface area contributed by atoms with Gasteiger partial charge in [-0.2, -0.15) is 0 Å².